The molecular weight excluding hydrogens is 263 g/mol. The molecule has 0 fully saturated rings. The van der Waals surface area contributed by atoms with Crippen molar-refractivity contribution in [3.63, 3.8) is 0 Å². The highest BCUT2D eigenvalue weighted by atomic mass is 19.1. The lowest BCUT2D eigenvalue weighted by Gasteiger charge is -2.11. The molecule has 0 aromatic heterocycles. The highest BCUT2D eigenvalue weighted by Gasteiger charge is 2.11. The van der Waals surface area contributed by atoms with E-state index in [1.165, 1.54) is 57.4 Å². The van der Waals surface area contributed by atoms with Gasteiger partial charge in [0.2, 0.25) is 0 Å². The molecule has 1 unspecified atom stereocenters. The van der Waals surface area contributed by atoms with E-state index in [0.717, 1.165) is 12.8 Å². The average Bonchev–Trinajstić information content (AvgIpc) is 2.49. The molecule has 0 aliphatic heterocycles. The molecule has 0 amide bonds. The number of benzene rings is 1. The maximum Gasteiger partial charge on any atom is 0.128 e. The van der Waals surface area contributed by atoms with Crippen LogP contribution in [0, 0.1) is 5.82 Å². The zero-order valence-electron chi connectivity index (χ0n) is 13.5. The van der Waals surface area contributed by atoms with E-state index < -0.39 is 6.10 Å². The number of rotatable bonds is 12. The molecule has 2 heteroatoms. The summed E-state index contributed by atoms with van der Waals surface area (Å²) in [5.41, 5.74) is 0.438. The Bertz CT molecular complexity index is 364. The summed E-state index contributed by atoms with van der Waals surface area (Å²) >= 11 is 0. The molecule has 1 N–H and O–H groups in total. The molecule has 0 aliphatic carbocycles. The molecule has 0 spiro atoms. The second-order valence-corrected chi connectivity index (χ2v) is 6.01. The zero-order chi connectivity index (χ0) is 15.3. The van der Waals surface area contributed by atoms with Crippen molar-refractivity contribution >= 4 is 0 Å². The van der Waals surface area contributed by atoms with E-state index in [4.69, 9.17) is 0 Å². The number of halogens is 1. The van der Waals surface area contributed by atoms with E-state index in [1.807, 2.05) is 0 Å². The van der Waals surface area contributed by atoms with Crippen molar-refractivity contribution in [3.8, 4) is 0 Å². The number of aliphatic hydroxyl groups is 1. The minimum atomic E-state index is -0.653. The van der Waals surface area contributed by atoms with Gasteiger partial charge in [-0.15, -0.1) is 0 Å². The van der Waals surface area contributed by atoms with Gasteiger partial charge in [-0.05, 0) is 12.5 Å². The molecule has 0 bridgehead atoms. The van der Waals surface area contributed by atoms with E-state index in [1.54, 1.807) is 18.2 Å². The average molecular weight is 294 g/mol. The van der Waals surface area contributed by atoms with Crippen molar-refractivity contribution < 1.29 is 9.50 Å². The van der Waals surface area contributed by atoms with Crippen LogP contribution in [0.25, 0.3) is 0 Å². The molecule has 1 aromatic rings. The molecule has 0 saturated heterocycles. The van der Waals surface area contributed by atoms with Crippen molar-refractivity contribution in [2.75, 3.05) is 0 Å². The first-order valence-electron chi connectivity index (χ1n) is 8.68. The third kappa shape index (κ3) is 8.21. The third-order valence-electron chi connectivity index (χ3n) is 4.10. The number of hydrogen-bond donors (Lipinski definition) is 1. The summed E-state index contributed by atoms with van der Waals surface area (Å²) in [7, 11) is 0. The molecule has 120 valence electrons. The summed E-state index contributed by atoms with van der Waals surface area (Å²) in [6.07, 6.45) is 12.8. The van der Waals surface area contributed by atoms with Gasteiger partial charge in [0.05, 0.1) is 6.10 Å². The summed E-state index contributed by atoms with van der Waals surface area (Å²) < 4.78 is 13.5. The first kappa shape index (κ1) is 18.2. The maximum atomic E-state index is 13.5. The van der Waals surface area contributed by atoms with E-state index >= 15 is 0 Å². The molecule has 1 rings (SSSR count). The summed E-state index contributed by atoms with van der Waals surface area (Å²) in [6, 6.07) is 6.53. The minimum absolute atomic E-state index is 0.294. The SMILES string of the molecule is CCCCCCCCCCCCC(O)c1ccccc1F. The first-order chi connectivity index (χ1) is 10.3. The van der Waals surface area contributed by atoms with Gasteiger partial charge in [0.25, 0.3) is 0 Å². The number of aliphatic hydroxyl groups excluding tert-OH is 1. The van der Waals surface area contributed by atoms with Gasteiger partial charge in [-0.3, -0.25) is 0 Å². The highest BCUT2D eigenvalue weighted by molar-refractivity contribution is 5.19. The second-order valence-electron chi connectivity index (χ2n) is 6.01. The molecule has 21 heavy (non-hydrogen) atoms. The lowest BCUT2D eigenvalue weighted by Crippen LogP contribution is -2.00. The lowest BCUT2D eigenvalue weighted by atomic mass is 10.0. The van der Waals surface area contributed by atoms with Gasteiger partial charge in [0.15, 0.2) is 0 Å². The van der Waals surface area contributed by atoms with Crippen molar-refractivity contribution in [1.82, 2.24) is 0 Å². The molecule has 0 aliphatic rings. The first-order valence-corrected chi connectivity index (χ1v) is 8.68. The van der Waals surface area contributed by atoms with Crippen LogP contribution in [0.5, 0.6) is 0 Å². The monoisotopic (exact) mass is 294 g/mol. The van der Waals surface area contributed by atoms with Gasteiger partial charge in [-0.25, -0.2) is 4.39 Å². The Morgan fingerprint density at radius 1 is 0.857 bits per heavy atom. The van der Waals surface area contributed by atoms with Crippen molar-refractivity contribution in [3.05, 3.63) is 35.6 Å². The van der Waals surface area contributed by atoms with Gasteiger partial charge in [0.1, 0.15) is 5.82 Å². The van der Waals surface area contributed by atoms with E-state index in [0.29, 0.717) is 12.0 Å². The molecule has 0 heterocycles. The molecule has 1 aromatic carbocycles. The molecule has 0 radical (unpaired) electrons. The van der Waals surface area contributed by atoms with Crippen LogP contribution >= 0.6 is 0 Å². The van der Waals surface area contributed by atoms with E-state index in [9.17, 15) is 9.50 Å². The lowest BCUT2D eigenvalue weighted by molar-refractivity contribution is 0.159. The molecule has 1 nitrogen and oxygen atoms in total. The summed E-state index contributed by atoms with van der Waals surface area (Å²) in [5.74, 6) is -0.294. The fraction of sp³-hybridized carbons (Fsp3) is 0.684. The van der Waals surface area contributed by atoms with Crippen LogP contribution in [0.4, 0.5) is 4.39 Å². The van der Waals surface area contributed by atoms with Gasteiger partial charge >= 0.3 is 0 Å². The topological polar surface area (TPSA) is 20.2 Å². The Hall–Kier alpha value is -0.890. The standard InChI is InChI=1S/C19H31FO/c1-2-3-4-5-6-7-8-9-10-11-16-19(21)17-14-12-13-15-18(17)20/h12-15,19,21H,2-11,16H2,1H3. The van der Waals surface area contributed by atoms with E-state index in [2.05, 4.69) is 6.92 Å². The fourth-order valence-electron chi connectivity index (χ4n) is 2.73. The molecule has 1 atom stereocenters. The van der Waals surface area contributed by atoms with Crippen molar-refractivity contribution in [2.45, 2.75) is 83.7 Å². The molecule has 0 saturated carbocycles. The largest absolute Gasteiger partial charge is 0.388 e. The second kappa shape index (κ2) is 11.7. The smallest absolute Gasteiger partial charge is 0.128 e. The Morgan fingerprint density at radius 3 is 1.95 bits per heavy atom. The Kier molecular flexibility index (Phi) is 10.1. The van der Waals surface area contributed by atoms with Crippen LogP contribution < -0.4 is 0 Å². The van der Waals surface area contributed by atoms with Crippen LogP contribution in [0.2, 0.25) is 0 Å². The van der Waals surface area contributed by atoms with Crippen LogP contribution in [-0.4, -0.2) is 5.11 Å². The summed E-state index contributed by atoms with van der Waals surface area (Å²) in [4.78, 5) is 0. The zero-order valence-corrected chi connectivity index (χ0v) is 13.5. The third-order valence-corrected chi connectivity index (χ3v) is 4.10. The van der Waals surface area contributed by atoms with E-state index in [-0.39, 0.29) is 5.82 Å². The maximum absolute atomic E-state index is 13.5. The predicted molar refractivity (Wildman–Crippen MR) is 87.8 cm³/mol. The molecular formula is C19H31FO. The van der Waals surface area contributed by atoms with Crippen molar-refractivity contribution in [1.29, 1.82) is 0 Å². The number of hydrogen-bond acceptors (Lipinski definition) is 1. The Labute approximate surface area is 129 Å². The van der Waals surface area contributed by atoms with Crippen LogP contribution in [0.1, 0.15) is 89.2 Å². The highest BCUT2D eigenvalue weighted by Crippen LogP contribution is 2.22. The normalized spacial score (nSPS) is 12.5. The summed E-state index contributed by atoms with van der Waals surface area (Å²) in [5, 5.41) is 9.98. The number of unbranched alkanes of at least 4 members (excludes halogenated alkanes) is 9. The van der Waals surface area contributed by atoms with Crippen molar-refractivity contribution in [2.24, 2.45) is 0 Å². The Morgan fingerprint density at radius 2 is 1.38 bits per heavy atom. The van der Waals surface area contributed by atoms with Crippen LogP contribution in [0.3, 0.4) is 0 Å². The van der Waals surface area contributed by atoms with Gasteiger partial charge in [-0.1, -0.05) is 89.3 Å². The minimum Gasteiger partial charge on any atom is -0.388 e. The summed E-state index contributed by atoms with van der Waals surface area (Å²) in [6.45, 7) is 2.25. The van der Waals surface area contributed by atoms with Crippen LogP contribution in [0.15, 0.2) is 24.3 Å². The van der Waals surface area contributed by atoms with Crippen LogP contribution in [-0.2, 0) is 0 Å². The van der Waals surface area contributed by atoms with Gasteiger partial charge in [-0.2, -0.15) is 0 Å². The predicted octanol–water partition coefficient (Wildman–Crippen LogP) is 6.17. The van der Waals surface area contributed by atoms with Gasteiger partial charge in [0, 0.05) is 5.56 Å². The van der Waals surface area contributed by atoms with Gasteiger partial charge < -0.3 is 5.11 Å². The Balaban J connectivity index is 1.98. The fourth-order valence-corrected chi connectivity index (χ4v) is 2.73. The quantitative estimate of drug-likeness (QED) is 0.457.